The van der Waals surface area contributed by atoms with Gasteiger partial charge in [-0.1, -0.05) is 23.7 Å². The third-order valence-corrected chi connectivity index (χ3v) is 3.64. The molecule has 2 aromatic carbocycles. The smallest absolute Gasteiger partial charge is 0.219 e. The molecule has 0 radical (unpaired) electrons. The highest BCUT2D eigenvalue weighted by Gasteiger charge is 2.06. The maximum atomic E-state index is 10.7. The summed E-state index contributed by atoms with van der Waals surface area (Å²) in [4.78, 5) is 15.1. The Labute approximate surface area is 143 Å². The molecule has 0 bridgehead atoms. The van der Waals surface area contributed by atoms with Gasteiger partial charge in [-0.15, -0.1) is 0 Å². The Bertz CT molecular complexity index is 880. The number of carboxylic acid groups (broad SMARTS) is 1. The van der Waals surface area contributed by atoms with Crippen LogP contribution in [-0.2, 0) is 4.79 Å². The molecule has 0 fully saturated rings. The van der Waals surface area contributed by atoms with E-state index in [0.717, 1.165) is 5.39 Å². The Morgan fingerprint density at radius 1 is 1.08 bits per heavy atom. The first-order chi connectivity index (χ1) is 11.5. The van der Waals surface area contributed by atoms with Gasteiger partial charge in [0.05, 0.1) is 16.5 Å². The average Bonchev–Trinajstić information content (AvgIpc) is 2.57. The van der Waals surface area contributed by atoms with Gasteiger partial charge < -0.3 is 19.4 Å². The summed E-state index contributed by atoms with van der Waals surface area (Å²) in [5.41, 5.74) is 0.666. The minimum Gasteiger partial charge on any atom is -0.546 e. The highest BCUT2D eigenvalue weighted by Crippen LogP contribution is 2.27. The Balaban J connectivity index is 1.76. The molecule has 6 heteroatoms. The summed E-state index contributed by atoms with van der Waals surface area (Å²) < 4.78 is 10.9. The molecular weight excluding hydrogens is 330 g/mol. The fourth-order valence-electron chi connectivity index (χ4n) is 2.11. The molecule has 0 spiro atoms. The van der Waals surface area contributed by atoms with Gasteiger partial charge >= 0.3 is 0 Å². The number of pyridine rings is 1. The first-order valence-electron chi connectivity index (χ1n) is 7.23. The lowest BCUT2D eigenvalue weighted by molar-refractivity contribution is -0.312. The van der Waals surface area contributed by atoms with E-state index in [1.54, 1.807) is 36.4 Å². The second-order valence-electron chi connectivity index (χ2n) is 5.11. The molecule has 1 heterocycles. The number of rotatable bonds is 5. The highest BCUT2D eigenvalue weighted by molar-refractivity contribution is 6.35. The van der Waals surface area contributed by atoms with Crippen molar-refractivity contribution in [1.29, 1.82) is 0 Å². The maximum Gasteiger partial charge on any atom is 0.219 e. The lowest BCUT2D eigenvalue weighted by atomic mass is 10.2. The number of carboxylic acids is 1. The first kappa shape index (κ1) is 16.1. The average molecular weight is 343 g/mol. The van der Waals surface area contributed by atoms with Gasteiger partial charge in [-0.05, 0) is 43.3 Å². The van der Waals surface area contributed by atoms with Crippen LogP contribution in [0.25, 0.3) is 10.9 Å². The van der Waals surface area contributed by atoms with Gasteiger partial charge in [0.1, 0.15) is 17.6 Å². The van der Waals surface area contributed by atoms with Crippen molar-refractivity contribution in [2.75, 3.05) is 0 Å². The van der Waals surface area contributed by atoms with Crippen molar-refractivity contribution in [2.24, 2.45) is 0 Å². The van der Waals surface area contributed by atoms with E-state index in [1.807, 2.05) is 18.2 Å². The zero-order valence-corrected chi connectivity index (χ0v) is 13.5. The quantitative estimate of drug-likeness (QED) is 0.712. The Morgan fingerprint density at radius 3 is 2.50 bits per heavy atom. The van der Waals surface area contributed by atoms with Crippen LogP contribution < -0.4 is 14.6 Å². The standard InChI is InChI=1S/C18H14ClNO4/c1-11(18(21)22)23-13-6-8-14(9-7-13)24-16-10-5-12-3-2-4-15(19)17(12)20-16/h2-11H,1H3,(H,21,22)/p-1/t11-/m0/s1. The number of ether oxygens (including phenoxy) is 2. The molecule has 5 nitrogen and oxygen atoms in total. The lowest BCUT2D eigenvalue weighted by Crippen LogP contribution is -2.37. The molecule has 0 aliphatic rings. The molecule has 3 rings (SSSR count). The third kappa shape index (κ3) is 3.58. The molecule has 0 unspecified atom stereocenters. The predicted molar refractivity (Wildman–Crippen MR) is 88.4 cm³/mol. The van der Waals surface area contributed by atoms with E-state index in [0.29, 0.717) is 27.9 Å². The van der Waals surface area contributed by atoms with E-state index in [2.05, 4.69) is 4.98 Å². The van der Waals surface area contributed by atoms with Crippen molar-refractivity contribution in [3.8, 4) is 17.4 Å². The van der Waals surface area contributed by atoms with Gasteiger partial charge in [0.15, 0.2) is 0 Å². The van der Waals surface area contributed by atoms with Crippen LogP contribution in [0.15, 0.2) is 54.6 Å². The molecule has 0 amide bonds. The van der Waals surface area contributed by atoms with E-state index in [9.17, 15) is 9.90 Å². The molecule has 0 N–H and O–H groups in total. The van der Waals surface area contributed by atoms with Crippen LogP contribution in [-0.4, -0.2) is 17.1 Å². The monoisotopic (exact) mass is 342 g/mol. The van der Waals surface area contributed by atoms with Gasteiger partial charge in [-0.3, -0.25) is 0 Å². The number of para-hydroxylation sites is 1. The van der Waals surface area contributed by atoms with Crippen molar-refractivity contribution in [1.82, 2.24) is 4.98 Å². The van der Waals surface area contributed by atoms with Crippen molar-refractivity contribution in [3.63, 3.8) is 0 Å². The van der Waals surface area contributed by atoms with Crippen molar-refractivity contribution in [2.45, 2.75) is 13.0 Å². The summed E-state index contributed by atoms with van der Waals surface area (Å²) in [5.74, 6) is 0.0934. The molecule has 0 saturated carbocycles. The van der Waals surface area contributed by atoms with Crippen LogP contribution in [0.3, 0.4) is 0 Å². The minimum absolute atomic E-state index is 0.410. The molecule has 122 valence electrons. The van der Waals surface area contributed by atoms with Crippen LogP contribution in [0.1, 0.15) is 6.92 Å². The first-order valence-corrected chi connectivity index (χ1v) is 7.61. The number of halogens is 1. The fourth-order valence-corrected chi connectivity index (χ4v) is 2.33. The SMILES string of the molecule is C[C@H](Oc1ccc(Oc2ccc3cccc(Cl)c3n2)cc1)C(=O)[O-]. The summed E-state index contributed by atoms with van der Waals surface area (Å²) in [6.45, 7) is 1.41. The van der Waals surface area contributed by atoms with Gasteiger partial charge in [-0.25, -0.2) is 4.98 Å². The number of carbonyl (C=O) groups is 1. The normalized spacial score (nSPS) is 11.9. The van der Waals surface area contributed by atoms with Crippen LogP contribution in [0.2, 0.25) is 5.02 Å². The molecular formula is C18H13ClNO4-. The number of hydrogen-bond acceptors (Lipinski definition) is 5. The summed E-state index contributed by atoms with van der Waals surface area (Å²) in [6, 6.07) is 15.7. The number of fused-ring (bicyclic) bond motifs is 1. The molecule has 0 saturated heterocycles. The van der Waals surface area contributed by atoms with E-state index < -0.39 is 12.1 Å². The van der Waals surface area contributed by atoms with E-state index in [4.69, 9.17) is 21.1 Å². The van der Waals surface area contributed by atoms with E-state index >= 15 is 0 Å². The van der Waals surface area contributed by atoms with Crippen LogP contribution in [0, 0.1) is 0 Å². The summed E-state index contributed by atoms with van der Waals surface area (Å²) in [7, 11) is 0. The molecule has 0 aliphatic carbocycles. The fraction of sp³-hybridized carbons (Fsp3) is 0.111. The van der Waals surface area contributed by atoms with Crippen LogP contribution in [0.5, 0.6) is 17.4 Å². The van der Waals surface area contributed by atoms with Gasteiger partial charge in [0.25, 0.3) is 0 Å². The summed E-state index contributed by atoms with van der Waals surface area (Å²) in [6.07, 6.45) is -1.03. The van der Waals surface area contributed by atoms with Crippen LogP contribution in [0.4, 0.5) is 0 Å². The molecule has 3 aromatic rings. The lowest BCUT2D eigenvalue weighted by Gasteiger charge is -2.15. The molecule has 1 aromatic heterocycles. The summed E-state index contributed by atoms with van der Waals surface area (Å²) >= 11 is 6.14. The highest BCUT2D eigenvalue weighted by atomic mass is 35.5. The molecule has 24 heavy (non-hydrogen) atoms. The zero-order chi connectivity index (χ0) is 17.1. The third-order valence-electron chi connectivity index (χ3n) is 3.34. The number of hydrogen-bond donors (Lipinski definition) is 0. The molecule has 1 atom stereocenters. The van der Waals surface area contributed by atoms with Gasteiger partial charge in [0, 0.05) is 11.5 Å². The second kappa shape index (κ2) is 6.76. The minimum atomic E-state index is -1.27. The Hall–Kier alpha value is -2.79. The predicted octanol–water partition coefficient (Wildman–Crippen LogP) is 3.20. The second-order valence-corrected chi connectivity index (χ2v) is 5.52. The molecule has 0 aliphatic heterocycles. The van der Waals surface area contributed by atoms with Gasteiger partial charge in [-0.2, -0.15) is 0 Å². The Morgan fingerprint density at radius 2 is 1.79 bits per heavy atom. The van der Waals surface area contributed by atoms with E-state index in [-0.39, 0.29) is 0 Å². The van der Waals surface area contributed by atoms with Crippen molar-refractivity contribution < 1.29 is 19.4 Å². The number of aliphatic carboxylic acids is 1. The maximum absolute atomic E-state index is 10.7. The Kier molecular flexibility index (Phi) is 4.53. The van der Waals surface area contributed by atoms with Crippen molar-refractivity contribution in [3.05, 3.63) is 59.6 Å². The number of nitrogens with zero attached hydrogens (tertiary/aromatic N) is 1. The topological polar surface area (TPSA) is 71.5 Å². The van der Waals surface area contributed by atoms with E-state index in [1.165, 1.54) is 6.92 Å². The zero-order valence-electron chi connectivity index (χ0n) is 12.7. The van der Waals surface area contributed by atoms with Crippen molar-refractivity contribution >= 4 is 28.5 Å². The largest absolute Gasteiger partial charge is 0.546 e. The number of benzene rings is 2. The summed E-state index contributed by atoms with van der Waals surface area (Å²) in [5, 5.41) is 12.1. The number of aromatic nitrogens is 1. The number of carbonyl (C=O) groups excluding carboxylic acids is 1. The van der Waals surface area contributed by atoms with Crippen LogP contribution >= 0.6 is 11.6 Å². The van der Waals surface area contributed by atoms with Gasteiger partial charge in [0.2, 0.25) is 5.88 Å².